The molecule has 2 aromatic rings. The van der Waals surface area contributed by atoms with Crippen LogP contribution in [0.1, 0.15) is 48.1 Å². The van der Waals surface area contributed by atoms with Crippen molar-refractivity contribution in [2.24, 2.45) is 0 Å². The summed E-state index contributed by atoms with van der Waals surface area (Å²) in [6.07, 6.45) is -0.371. The van der Waals surface area contributed by atoms with E-state index in [1.54, 1.807) is 13.0 Å². The Morgan fingerprint density at radius 3 is 2.80 bits per heavy atom. The smallest absolute Gasteiger partial charge is 0.406 e. The third kappa shape index (κ3) is 3.63. The van der Waals surface area contributed by atoms with Crippen molar-refractivity contribution < 1.29 is 22.4 Å². The van der Waals surface area contributed by atoms with Crippen molar-refractivity contribution in [3.8, 4) is 5.75 Å². The second-order valence-corrected chi connectivity index (χ2v) is 6.84. The number of benzene rings is 1. The highest BCUT2D eigenvalue weighted by Gasteiger charge is 2.46. The van der Waals surface area contributed by atoms with Crippen molar-refractivity contribution in [2.75, 3.05) is 0 Å². The minimum atomic E-state index is -4.68. The molecule has 1 aromatic heterocycles. The van der Waals surface area contributed by atoms with Gasteiger partial charge in [0.1, 0.15) is 5.75 Å². The van der Waals surface area contributed by atoms with Gasteiger partial charge in [-0.3, -0.25) is 0 Å². The standard InChI is InChI=1S/C17H18F3N3O2/c1-10-21-15(25-23-10)9-16(6-7-16)22-14-5-3-11-2-4-12(8-13(11)14)24-17(18,19)20/h2,4,8,14,22H,3,5-7,9H2,1H3. The molecule has 1 fully saturated rings. The molecule has 0 saturated heterocycles. The van der Waals surface area contributed by atoms with Gasteiger partial charge in [0.15, 0.2) is 5.82 Å². The van der Waals surface area contributed by atoms with Crippen LogP contribution in [0.4, 0.5) is 13.2 Å². The summed E-state index contributed by atoms with van der Waals surface area (Å²) in [5.74, 6) is 1.03. The van der Waals surface area contributed by atoms with Gasteiger partial charge < -0.3 is 14.6 Å². The highest BCUT2D eigenvalue weighted by molar-refractivity contribution is 5.41. The van der Waals surface area contributed by atoms with Crippen LogP contribution in [-0.4, -0.2) is 22.0 Å². The van der Waals surface area contributed by atoms with Crippen molar-refractivity contribution in [3.63, 3.8) is 0 Å². The summed E-state index contributed by atoms with van der Waals surface area (Å²) in [6.45, 7) is 1.77. The highest BCUT2D eigenvalue weighted by atomic mass is 19.4. The normalized spacial score (nSPS) is 21.2. The molecule has 0 bridgehead atoms. The molecule has 0 radical (unpaired) electrons. The van der Waals surface area contributed by atoms with Crippen LogP contribution >= 0.6 is 0 Å². The first-order chi connectivity index (χ1) is 11.8. The lowest BCUT2D eigenvalue weighted by molar-refractivity contribution is -0.274. The zero-order valence-corrected chi connectivity index (χ0v) is 13.7. The molecule has 134 valence electrons. The minimum Gasteiger partial charge on any atom is -0.406 e. The fourth-order valence-corrected chi connectivity index (χ4v) is 3.52. The molecule has 0 amide bonds. The van der Waals surface area contributed by atoms with Gasteiger partial charge in [0.05, 0.1) is 0 Å². The van der Waals surface area contributed by atoms with Crippen LogP contribution in [0.2, 0.25) is 0 Å². The first-order valence-electron chi connectivity index (χ1n) is 8.27. The van der Waals surface area contributed by atoms with Crippen molar-refractivity contribution >= 4 is 0 Å². The first kappa shape index (κ1) is 16.4. The molecule has 1 unspecified atom stereocenters. The third-order valence-electron chi connectivity index (χ3n) is 4.82. The molecule has 0 aliphatic heterocycles. The Morgan fingerprint density at radius 2 is 2.16 bits per heavy atom. The molecule has 1 heterocycles. The Labute approximate surface area is 142 Å². The van der Waals surface area contributed by atoms with Gasteiger partial charge in [-0.05, 0) is 55.9 Å². The maximum absolute atomic E-state index is 12.5. The number of nitrogens with zero attached hydrogens (tertiary/aromatic N) is 2. The lowest BCUT2D eigenvalue weighted by Gasteiger charge is -2.22. The number of hydrogen-bond acceptors (Lipinski definition) is 5. The van der Waals surface area contributed by atoms with Gasteiger partial charge in [-0.2, -0.15) is 4.98 Å². The van der Waals surface area contributed by atoms with E-state index >= 15 is 0 Å². The monoisotopic (exact) mass is 353 g/mol. The molecule has 4 rings (SSSR count). The van der Waals surface area contributed by atoms with E-state index in [0.717, 1.165) is 36.8 Å². The topological polar surface area (TPSA) is 60.2 Å². The number of fused-ring (bicyclic) bond motifs is 1. The van der Waals surface area contributed by atoms with Crippen LogP contribution in [0.15, 0.2) is 22.7 Å². The third-order valence-corrected chi connectivity index (χ3v) is 4.82. The quantitative estimate of drug-likeness (QED) is 0.889. The Kier molecular flexibility index (Phi) is 3.75. The fourth-order valence-electron chi connectivity index (χ4n) is 3.52. The van der Waals surface area contributed by atoms with Crippen LogP contribution < -0.4 is 10.1 Å². The molecule has 25 heavy (non-hydrogen) atoms. The average Bonchev–Trinajstić information content (AvgIpc) is 2.96. The van der Waals surface area contributed by atoms with Crippen LogP contribution in [0.25, 0.3) is 0 Å². The van der Waals surface area contributed by atoms with Crippen molar-refractivity contribution in [1.82, 2.24) is 15.5 Å². The molecule has 2 aliphatic rings. The van der Waals surface area contributed by atoms with E-state index in [9.17, 15) is 13.2 Å². The molecule has 8 heteroatoms. The lowest BCUT2D eigenvalue weighted by atomic mass is 10.0. The van der Waals surface area contributed by atoms with E-state index in [2.05, 4.69) is 20.2 Å². The van der Waals surface area contributed by atoms with E-state index < -0.39 is 6.36 Å². The number of aromatic nitrogens is 2. The number of halogens is 3. The summed E-state index contributed by atoms with van der Waals surface area (Å²) < 4.78 is 46.6. The van der Waals surface area contributed by atoms with Gasteiger partial charge in [0.2, 0.25) is 5.89 Å². The second-order valence-electron chi connectivity index (χ2n) is 6.84. The average molecular weight is 353 g/mol. The molecule has 1 saturated carbocycles. The summed E-state index contributed by atoms with van der Waals surface area (Å²) in [5.41, 5.74) is 1.85. The van der Waals surface area contributed by atoms with Crippen LogP contribution in [-0.2, 0) is 12.8 Å². The molecular formula is C17H18F3N3O2. The summed E-state index contributed by atoms with van der Waals surface area (Å²) in [5, 5.41) is 7.41. The van der Waals surface area contributed by atoms with Gasteiger partial charge in [-0.25, -0.2) is 0 Å². The molecule has 5 nitrogen and oxygen atoms in total. The van der Waals surface area contributed by atoms with Crippen LogP contribution in [0.3, 0.4) is 0 Å². The maximum Gasteiger partial charge on any atom is 0.573 e. The first-order valence-corrected chi connectivity index (χ1v) is 8.27. The maximum atomic E-state index is 12.5. The molecule has 1 atom stereocenters. The van der Waals surface area contributed by atoms with E-state index in [-0.39, 0.29) is 17.3 Å². The Hall–Kier alpha value is -2.09. The largest absolute Gasteiger partial charge is 0.573 e. The van der Waals surface area contributed by atoms with Gasteiger partial charge in [-0.1, -0.05) is 11.2 Å². The second kappa shape index (κ2) is 5.72. The number of alkyl halides is 3. The van der Waals surface area contributed by atoms with Crippen LogP contribution in [0, 0.1) is 6.92 Å². The van der Waals surface area contributed by atoms with Gasteiger partial charge >= 0.3 is 6.36 Å². The number of nitrogens with one attached hydrogen (secondary N) is 1. The number of aryl methyl sites for hydroxylation is 2. The number of hydrogen-bond donors (Lipinski definition) is 1. The van der Waals surface area contributed by atoms with Gasteiger partial charge in [-0.15, -0.1) is 13.2 Å². The Balaban J connectivity index is 1.49. The predicted molar refractivity (Wildman–Crippen MR) is 82.0 cm³/mol. The zero-order chi connectivity index (χ0) is 17.7. The van der Waals surface area contributed by atoms with Crippen molar-refractivity contribution in [3.05, 3.63) is 41.0 Å². The SMILES string of the molecule is Cc1noc(CC2(NC3CCc4ccc(OC(F)(F)F)cc43)CC2)n1. The summed E-state index contributed by atoms with van der Waals surface area (Å²) in [6, 6.07) is 4.61. The summed E-state index contributed by atoms with van der Waals surface area (Å²) in [4.78, 5) is 4.25. The molecule has 2 aliphatic carbocycles. The van der Waals surface area contributed by atoms with E-state index in [1.807, 2.05) is 0 Å². The van der Waals surface area contributed by atoms with Gasteiger partial charge in [0, 0.05) is 18.0 Å². The fraction of sp³-hybridized carbons (Fsp3) is 0.529. The number of ether oxygens (including phenoxy) is 1. The number of rotatable bonds is 5. The molecule has 1 N–H and O–H groups in total. The summed E-state index contributed by atoms with van der Waals surface area (Å²) in [7, 11) is 0. The minimum absolute atomic E-state index is 0.0123. The summed E-state index contributed by atoms with van der Waals surface area (Å²) >= 11 is 0. The van der Waals surface area contributed by atoms with E-state index in [1.165, 1.54) is 12.1 Å². The molecule has 1 aromatic carbocycles. The van der Waals surface area contributed by atoms with E-state index in [4.69, 9.17) is 4.52 Å². The lowest BCUT2D eigenvalue weighted by Crippen LogP contribution is -2.36. The van der Waals surface area contributed by atoms with E-state index in [0.29, 0.717) is 18.1 Å². The van der Waals surface area contributed by atoms with Crippen molar-refractivity contribution in [2.45, 2.75) is 57.0 Å². The van der Waals surface area contributed by atoms with Gasteiger partial charge in [0.25, 0.3) is 0 Å². The molecule has 0 spiro atoms. The van der Waals surface area contributed by atoms with Crippen LogP contribution in [0.5, 0.6) is 5.75 Å². The molecular weight excluding hydrogens is 335 g/mol. The zero-order valence-electron chi connectivity index (χ0n) is 13.7. The predicted octanol–water partition coefficient (Wildman–Crippen LogP) is 3.63. The highest BCUT2D eigenvalue weighted by Crippen LogP contribution is 2.44. The Bertz CT molecular complexity index is 784. The van der Waals surface area contributed by atoms with Crippen molar-refractivity contribution in [1.29, 1.82) is 0 Å². The Morgan fingerprint density at radius 1 is 1.36 bits per heavy atom.